The van der Waals surface area contributed by atoms with Crippen LogP contribution in [0, 0.1) is 35.0 Å². The van der Waals surface area contributed by atoms with E-state index in [0.29, 0.717) is 23.4 Å². The van der Waals surface area contributed by atoms with Crippen molar-refractivity contribution in [3.05, 3.63) is 47.6 Å². The smallest absolute Gasteiger partial charge is 0.192 e. The van der Waals surface area contributed by atoms with Crippen molar-refractivity contribution in [1.29, 1.82) is 0 Å². The Bertz CT molecular complexity index is 866. The first-order valence-electron chi connectivity index (χ1n) is 15.1. The van der Waals surface area contributed by atoms with Gasteiger partial charge in [0.05, 0.1) is 0 Å². The van der Waals surface area contributed by atoms with Crippen LogP contribution in [-0.4, -0.2) is 14.4 Å². The van der Waals surface area contributed by atoms with Crippen LogP contribution < -0.4 is 0 Å². The number of allylic oxidation sites excluding steroid dienone is 6. The van der Waals surface area contributed by atoms with Crippen LogP contribution in [0.5, 0.6) is 0 Å². The number of fused-ring (bicyclic) bond motifs is 1. The molecule has 204 valence electrons. The van der Waals surface area contributed by atoms with E-state index in [9.17, 15) is 0 Å². The standard InChI is InChI=1S/C34H58OSi/c1-24(2)25(3)14-15-27(5)31-20-21-32-28(13-12-22-34(31,32)9)17-18-29-23-30(19-16-26(29)4)35-36(10,11)33(6,7)8/h14-15,17-18,24-25,27,30-32H,4,12-13,16,19-23H2,1-3,5-11H3/b15-14+,28-17+,29-18+/t25-,27+,30?,31+,32-,34+/m0/s1. The predicted molar refractivity (Wildman–Crippen MR) is 162 cm³/mol. The molecule has 0 aliphatic heterocycles. The van der Waals surface area contributed by atoms with Crippen LogP contribution in [0.1, 0.15) is 107 Å². The van der Waals surface area contributed by atoms with Gasteiger partial charge in [-0.1, -0.05) is 97.4 Å². The van der Waals surface area contributed by atoms with Gasteiger partial charge in [0, 0.05) is 6.10 Å². The predicted octanol–water partition coefficient (Wildman–Crippen LogP) is 10.7. The van der Waals surface area contributed by atoms with Gasteiger partial charge in [-0.2, -0.15) is 0 Å². The quantitative estimate of drug-likeness (QED) is 0.244. The average Bonchev–Trinajstić information content (AvgIpc) is 3.14. The molecule has 0 heterocycles. The minimum absolute atomic E-state index is 0.262. The summed E-state index contributed by atoms with van der Waals surface area (Å²) in [6, 6.07) is 0. The molecular weight excluding hydrogens is 452 g/mol. The van der Waals surface area contributed by atoms with E-state index in [1.165, 1.54) is 43.3 Å². The number of hydrogen-bond acceptors (Lipinski definition) is 1. The van der Waals surface area contributed by atoms with Crippen LogP contribution in [0.2, 0.25) is 18.1 Å². The molecule has 0 aromatic rings. The highest BCUT2D eigenvalue weighted by molar-refractivity contribution is 6.74. The van der Waals surface area contributed by atoms with Crippen molar-refractivity contribution in [1.82, 2.24) is 0 Å². The van der Waals surface area contributed by atoms with Crippen LogP contribution >= 0.6 is 0 Å². The van der Waals surface area contributed by atoms with Gasteiger partial charge in [0.25, 0.3) is 0 Å². The van der Waals surface area contributed by atoms with Gasteiger partial charge in [0.1, 0.15) is 0 Å². The molecule has 2 heteroatoms. The number of rotatable bonds is 7. The molecule has 0 radical (unpaired) electrons. The molecule has 0 saturated heterocycles. The molecule has 36 heavy (non-hydrogen) atoms. The van der Waals surface area contributed by atoms with Crippen molar-refractivity contribution < 1.29 is 4.43 Å². The lowest BCUT2D eigenvalue weighted by atomic mass is 9.61. The topological polar surface area (TPSA) is 9.23 Å². The highest BCUT2D eigenvalue weighted by atomic mass is 28.4. The molecule has 3 saturated carbocycles. The maximum atomic E-state index is 6.82. The van der Waals surface area contributed by atoms with Crippen LogP contribution in [0.25, 0.3) is 0 Å². The SMILES string of the molecule is C=C1CCC(O[Si](C)(C)C(C)(C)C)C/C1=C\C=C1/CCC[C@]2(C)[C@@H]([C@H](C)/C=C/[C@H](C)C(C)C)CC[C@@H]12. The summed E-state index contributed by atoms with van der Waals surface area (Å²) in [5.74, 6) is 3.62. The first kappa shape index (κ1) is 29.7. The Labute approximate surface area is 226 Å². The first-order valence-corrected chi connectivity index (χ1v) is 18.0. The van der Waals surface area contributed by atoms with Crippen LogP contribution in [-0.2, 0) is 4.43 Å². The summed E-state index contributed by atoms with van der Waals surface area (Å²) in [6.07, 6.45) is 20.4. The molecule has 3 rings (SSSR count). The fraction of sp³-hybridized carbons (Fsp3) is 0.765. The van der Waals surface area contributed by atoms with Gasteiger partial charge >= 0.3 is 0 Å². The van der Waals surface area contributed by atoms with Gasteiger partial charge in [-0.05, 0) is 110 Å². The summed E-state index contributed by atoms with van der Waals surface area (Å²) in [5, 5.41) is 0.262. The molecule has 3 fully saturated rings. The molecule has 0 N–H and O–H groups in total. The Hall–Kier alpha value is -0.863. The molecule has 6 atom stereocenters. The van der Waals surface area contributed by atoms with E-state index in [-0.39, 0.29) is 5.04 Å². The Balaban J connectivity index is 1.73. The van der Waals surface area contributed by atoms with Gasteiger partial charge in [0.2, 0.25) is 0 Å². The minimum Gasteiger partial charge on any atom is -0.414 e. The summed E-state index contributed by atoms with van der Waals surface area (Å²) < 4.78 is 6.82. The highest BCUT2D eigenvalue weighted by Gasteiger charge is 2.50. The molecule has 1 nitrogen and oxygen atoms in total. The maximum absolute atomic E-state index is 6.82. The second kappa shape index (κ2) is 11.5. The van der Waals surface area contributed by atoms with E-state index >= 15 is 0 Å². The molecular formula is C34H58OSi. The van der Waals surface area contributed by atoms with Crippen molar-refractivity contribution >= 4 is 8.32 Å². The lowest BCUT2D eigenvalue weighted by Crippen LogP contribution is -2.44. The monoisotopic (exact) mass is 510 g/mol. The molecule has 0 spiro atoms. The molecule has 0 amide bonds. The van der Waals surface area contributed by atoms with Crippen LogP contribution in [0.15, 0.2) is 47.6 Å². The fourth-order valence-electron chi connectivity index (χ4n) is 6.93. The van der Waals surface area contributed by atoms with Gasteiger partial charge in [0.15, 0.2) is 8.32 Å². The molecule has 3 aliphatic carbocycles. The van der Waals surface area contributed by atoms with Gasteiger partial charge in [-0.25, -0.2) is 0 Å². The molecule has 1 unspecified atom stereocenters. The Morgan fingerprint density at radius 1 is 1.00 bits per heavy atom. The van der Waals surface area contributed by atoms with Gasteiger partial charge in [-0.3, -0.25) is 0 Å². The second-order valence-electron chi connectivity index (χ2n) is 14.7. The summed E-state index contributed by atoms with van der Waals surface area (Å²) in [4.78, 5) is 0. The van der Waals surface area contributed by atoms with E-state index < -0.39 is 8.32 Å². The molecule has 0 aromatic carbocycles. The zero-order valence-electron chi connectivity index (χ0n) is 25.5. The van der Waals surface area contributed by atoms with Gasteiger partial charge in [-0.15, -0.1) is 0 Å². The first-order chi connectivity index (χ1) is 16.7. The van der Waals surface area contributed by atoms with Crippen molar-refractivity contribution in [2.24, 2.45) is 35.0 Å². The third-order valence-corrected chi connectivity index (χ3v) is 15.4. The third-order valence-electron chi connectivity index (χ3n) is 10.9. The van der Waals surface area contributed by atoms with Crippen molar-refractivity contribution in [2.45, 2.75) is 131 Å². The highest BCUT2D eigenvalue weighted by Crippen LogP contribution is 2.59. The lowest BCUT2D eigenvalue weighted by molar-refractivity contribution is 0.112. The molecule has 0 aromatic heterocycles. The van der Waals surface area contributed by atoms with Crippen molar-refractivity contribution in [2.75, 3.05) is 0 Å². The van der Waals surface area contributed by atoms with Crippen molar-refractivity contribution in [3.8, 4) is 0 Å². The average molecular weight is 511 g/mol. The van der Waals surface area contributed by atoms with Crippen LogP contribution in [0.4, 0.5) is 0 Å². The molecule has 0 bridgehead atoms. The second-order valence-corrected chi connectivity index (χ2v) is 19.5. The van der Waals surface area contributed by atoms with E-state index in [0.717, 1.165) is 37.0 Å². The van der Waals surface area contributed by atoms with Crippen LogP contribution in [0.3, 0.4) is 0 Å². The van der Waals surface area contributed by atoms with E-state index in [1.54, 1.807) is 5.57 Å². The molecule has 3 aliphatic rings. The summed E-state index contributed by atoms with van der Waals surface area (Å²) in [5.41, 5.74) is 4.94. The van der Waals surface area contributed by atoms with Gasteiger partial charge < -0.3 is 4.43 Å². The lowest BCUT2D eigenvalue weighted by Gasteiger charge is -2.44. The summed E-state index contributed by atoms with van der Waals surface area (Å²) in [7, 11) is -1.74. The summed E-state index contributed by atoms with van der Waals surface area (Å²) in [6.45, 7) is 28.4. The zero-order chi connectivity index (χ0) is 26.9. The largest absolute Gasteiger partial charge is 0.414 e. The Morgan fingerprint density at radius 2 is 1.69 bits per heavy atom. The summed E-state index contributed by atoms with van der Waals surface area (Å²) >= 11 is 0. The Morgan fingerprint density at radius 3 is 2.33 bits per heavy atom. The minimum atomic E-state index is -1.74. The fourth-order valence-corrected chi connectivity index (χ4v) is 8.31. The zero-order valence-corrected chi connectivity index (χ0v) is 26.5. The Kier molecular flexibility index (Phi) is 9.47. The normalized spacial score (nSPS) is 34.1. The van der Waals surface area contributed by atoms with E-state index in [4.69, 9.17) is 4.43 Å². The van der Waals surface area contributed by atoms with E-state index in [1.807, 2.05) is 0 Å². The number of hydrogen-bond donors (Lipinski definition) is 0. The van der Waals surface area contributed by atoms with E-state index in [2.05, 4.69) is 99.4 Å². The maximum Gasteiger partial charge on any atom is 0.192 e. The third kappa shape index (κ3) is 6.58. The van der Waals surface area contributed by atoms with Crippen molar-refractivity contribution in [3.63, 3.8) is 0 Å².